The minimum Gasteiger partial charge on any atom is -0.458 e. The summed E-state index contributed by atoms with van der Waals surface area (Å²) in [6.07, 6.45) is 5.06. The van der Waals surface area contributed by atoms with Gasteiger partial charge >= 0.3 is 6.01 Å². The molecule has 1 atom stereocenters. The fourth-order valence-electron chi connectivity index (χ4n) is 3.41. The van der Waals surface area contributed by atoms with E-state index < -0.39 is 5.82 Å². The van der Waals surface area contributed by atoms with Crippen molar-refractivity contribution in [2.45, 2.75) is 31.9 Å². The first-order chi connectivity index (χ1) is 14.1. The van der Waals surface area contributed by atoms with E-state index in [2.05, 4.69) is 15.0 Å². The van der Waals surface area contributed by atoms with Crippen LogP contribution in [0.3, 0.4) is 0 Å². The van der Waals surface area contributed by atoms with Gasteiger partial charge in [0, 0.05) is 19.5 Å². The largest absolute Gasteiger partial charge is 0.458 e. The molecule has 2 aromatic heterocycles. The van der Waals surface area contributed by atoms with E-state index >= 15 is 0 Å². The summed E-state index contributed by atoms with van der Waals surface area (Å²) in [5, 5.41) is 0.535. The summed E-state index contributed by atoms with van der Waals surface area (Å²) in [5.41, 5.74) is 0.482. The lowest BCUT2D eigenvalue weighted by Gasteiger charge is -2.32. The van der Waals surface area contributed by atoms with Crippen molar-refractivity contribution in [1.82, 2.24) is 24.4 Å². The zero-order valence-electron chi connectivity index (χ0n) is 15.7. The Hall–Kier alpha value is -3.36. The maximum Gasteiger partial charge on any atom is 0.316 e. The van der Waals surface area contributed by atoms with Gasteiger partial charge in [0.2, 0.25) is 5.91 Å². The van der Waals surface area contributed by atoms with Gasteiger partial charge in [-0.25, -0.2) is 19.3 Å². The van der Waals surface area contributed by atoms with Gasteiger partial charge in [0.05, 0.1) is 36.2 Å². The molecule has 4 rings (SSSR count). The van der Waals surface area contributed by atoms with Crippen LogP contribution in [0.2, 0.25) is 0 Å². The summed E-state index contributed by atoms with van der Waals surface area (Å²) in [6, 6.07) is 7.23. The third-order valence-electron chi connectivity index (χ3n) is 4.90. The first-order valence-corrected chi connectivity index (χ1v) is 9.46. The van der Waals surface area contributed by atoms with Crippen molar-refractivity contribution >= 4 is 16.8 Å². The summed E-state index contributed by atoms with van der Waals surface area (Å²) in [7, 11) is 0. The predicted octanol–water partition coefficient (Wildman–Crippen LogP) is 1.79. The second-order valence-electron chi connectivity index (χ2n) is 6.92. The summed E-state index contributed by atoms with van der Waals surface area (Å²) in [6.45, 7) is 1.30. The Kier molecular flexibility index (Phi) is 5.46. The third-order valence-corrected chi connectivity index (χ3v) is 4.90. The van der Waals surface area contributed by atoms with Crippen molar-refractivity contribution in [1.29, 1.82) is 0 Å². The number of halogens is 1. The highest BCUT2D eigenvalue weighted by Crippen LogP contribution is 2.16. The molecular weight excluding hydrogens is 377 g/mol. The second-order valence-corrected chi connectivity index (χ2v) is 6.92. The first-order valence-electron chi connectivity index (χ1n) is 9.46. The van der Waals surface area contributed by atoms with Crippen molar-refractivity contribution in [3.63, 3.8) is 0 Å². The Morgan fingerprint density at radius 3 is 2.83 bits per heavy atom. The van der Waals surface area contributed by atoms with E-state index in [4.69, 9.17) is 4.74 Å². The second kappa shape index (κ2) is 8.34. The summed E-state index contributed by atoms with van der Waals surface area (Å²) >= 11 is 0. The number of aromatic nitrogens is 4. The van der Waals surface area contributed by atoms with Gasteiger partial charge in [0.15, 0.2) is 5.82 Å². The van der Waals surface area contributed by atoms with Gasteiger partial charge < -0.3 is 9.64 Å². The minimum atomic E-state index is -0.531. The molecule has 0 bridgehead atoms. The molecule has 9 heteroatoms. The van der Waals surface area contributed by atoms with Crippen LogP contribution in [-0.2, 0) is 11.3 Å². The normalized spacial score (nSPS) is 16.7. The molecule has 8 nitrogen and oxygen atoms in total. The SMILES string of the molecule is O=C(CCn1cnc2ccccc2c1=O)N1CCCC(Oc2ncc(F)cn2)C1. The minimum absolute atomic E-state index is 0.0571. The molecule has 0 aliphatic carbocycles. The Balaban J connectivity index is 1.36. The summed E-state index contributed by atoms with van der Waals surface area (Å²) in [5.74, 6) is -0.588. The molecule has 1 saturated heterocycles. The number of carbonyl (C=O) groups is 1. The lowest BCUT2D eigenvalue weighted by molar-refractivity contribution is -0.134. The molecule has 0 saturated carbocycles. The average molecular weight is 397 g/mol. The average Bonchev–Trinajstić information content (AvgIpc) is 2.75. The monoisotopic (exact) mass is 397 g/mol. The predicted molar refractivity (Wildman–Crippen MR) is 103 cm³/mol. The first kappa shape index (κ1) is 19.0. The fourth-order valence-corrected chi connectivity index (χ4v) is 3.41. The van der Waals surface area contributed by atoms with Crippen molar-refractivity contribution in [2.75, 3.05) is 13.1 Å². The molecule has 1 aromatic carbocycles. The Morgan fingerprint density at radius 1 is 1.21 bits per heavy atom. The van der Waals surface area contributed by atoms with Gasteiger partial charge in [-0.1, -0.05) is 12.1 Å². The molecular formula is C20H20FN5O3. The van der Waals surface area contributed by atoms with Gasteiger partial charge in [0.1, 0.15) is 6.10 Å². The summed E-state index contributed by atoms with van der Waals surface area (Å²) < 4.78 is 20.0. The van der Waals surface area contributed by atoms with Crippen LogP contribution in [0.5, 0.6) is 6.01 Å². The number of rotatable bonds is 5. The number of likely N-dealkylation sites (tertiary alicyclic amines) is 1. The van der Waals surface area contributed by atoms with Gasteiger partial charge in [0.25, 0.3) is 5.56 Å². The van der Waals surface area contributed by atoms with E-state index in [-0.39, 0.29) is 36.5 Å². The number of fused-ring (bicyclic) bond motifs is 1. The number of hydrogen-bond donors (Lipinski definition) is 0. The molecule has 0 spiro atoms. The molecule has 0 radical (unpaired) electrons. The Labute approximate surface area is 166 Å². The molecule has 3 heterocycles. The van der Waals surface area contributed by atoms with E-state index in [0.717, 1.165) is 25.2 Å². The van der Waals surface area contributed by atoms with Crippen LogP contribution in [0.1, 0.15) is 19.3 Å². The Bertz CT molecular complexity index is 1070. The van der Waals surface area contributed by atoms with Crippen molar-refractivity contribution in [3.8, 4) is 6.01 Å². The smallest absolute Gasteiger partial charge is 0.316 e. The summed E-state index contributed by atoms with van der Waals surface area (Å²) in [4.78, 5) is 38.8. The molecule has 0 N–H and O–H groups in total. The number of piperidine rings is 1. The molecule has 1 amide bonds. The van der Waals surface area contributed by atoms with E-state index in [1.807, 2.05) is 6.07 Å². The maximum absolute atomic E-state index is 12.9. The van der Waals surface area contributed by atoms with Gasteiger partial charge in [-0.2, -0.15) is 0 Å². The van der Waals surface area contributed by atoms with E-state index in [0.29, 0.717) is 24.0 Å². The van der Waals surface area contributed by atoms with Crippen molar-refractivity contribution in [3.05, 3.63) is 59.2 Å². The lowest BCUT2D eigenvalue weighted by atomic mass is 10.1. The van der Waals surface area contributed by atoms with Gasteiger partial charge in [-0.3, -0.25) is 14.2 Å². The zero-order valence-corrected chi connectivity index (χ0v) is 15.7. The van der Waals surface area contributed by atoms with Crippen LogP contribution in [0.25, 0.3) is 10.9 Å². The number of carbonyl (C=O) groups excluding carboxylic acids is 1. The molecule has 1 aliphatic heterocycles. The molecule has 1 unspecified atom stereocenters. The number of ether oxygens (including phenoxy) is 1. The standard InChI is InChI=1S/C20H20FN5O3/c21-14-10-22-20(23-11-14)29-15-4-3-8-25(12-15)18(27)7-9-26-13-24-17-6-2-1-5-16(17)19(26)28/h1-2,5-6,10-11,13,15H,3-4,7-9,12H2. The molecule has 1 aliphatic rings. The molecule has 29 heavy (non-hydrogen) atoms. The lowest BCUT2D eigenvalue weighted by Crippen LogP contribution is -2.45. The van der Waals surface area contributed by atoms with Crippen molar-refractivity contribution in [2.24, 2.45) is 0 Å². The van der Waals surface area contributed by atoms with E-state index in [1.165, 1.54) is 10.9 Å². The molecule has 1 fully saturated rings. The number of para-hydroxylation sites is 1. The topological polar surface area (TPSA) is 90.2 Å². The van der Waals surface area contributed by atoms with E-state index in [1.54, 1.807) is 23.1 Å². The number of hydrogen-bond acceptors (Lipinski definition) is 6. The van der Waals surface area contributed by atoms with E-state index in [9.17, 15) is 14.0 Å². The van der Waals surface area contributed by atoms with Crippen LogP contribution in [0.4, 0.5) is 4.39 Å². The van der Waals surface area contributed by atoms with Crippen LogP contribution < -0.4 is 10.3 Å². The molecule has 3 aromatic rings. The van der Waals surface area contributed by atoms with Gasteiger partial charge in [-0.15, -0.1) is 0 Å². The van der Waals surface area contributed by atoms with Crippen LogP contribution in [0.15, 0.2) is 47.8 Å². The highest BCUT2D eigenvalue weighted by molar-refractivity contribution is 5.77. The van der Waals surface area contributed by atoms with Gasteiger partial charge in [-0.05, 0) is 25.0 Å². The number of aryl methyl sites for hydroxylation is 1. The number of amides is 1. The highest BCUT2D eigenvalue weighted by Gasteiger charge is 2.25. The van der Waals surface area contributed by atoms with Crippen LogP contribution >= 0.6 is 0 Å². The Morgan fingerprint density at radius 2 is 2.00 bits per heavy atom. The number of benzene rings is 1. The maximum atomic E-state index is 12.9. The quantitative estimate of drug-likeness (QED) is 0.652. The zero-order chi connectivity index (χ0) is 20.2. The molecule has 150 valence electrons. The fraction of sp³-hybridized carbons (Fsp3) is 0.350. The van der Waals surface area contributed by atoms with Crippen molar-refractivity contribution < 1.29 is 13.9 Å². The third kappa shape index (κ3) is 4.39. The highest BCUT2D eigenvalue weighted by atomic mass is 19.1. The van der Waals surface area contributed by atoms with Crippen LogP contribution in [-0.4, -0.2) is 49.5 Å². The van der Waals surface area contributed by atoms with Crippen LogP contribution in [0, 0.1) is 5.82 Å². The number of nitrogens with zero attached hydrogens (tertiary/aromatic N) is 5.